The van der Waals surface area contributed by atoms with Crippen LogP contribution in [0.25, 0.3) is 0 Å². The first-order valence-corrected chi connectivity index (χ1v) is 14.2. The fourth-order valence-corrected chi connectivity index (χ4v) is 7.46. The number of halogens is 1. The van der Waals surface area contributed by atoms with E-state index in [0.29, 0.717) is 23.7 Å². The fourth-order valence-electron chi connectivity index (χ4n) is 7.46. The third-order valence-electron chi connectivity index (χ3n) is 9.54. The smallest absolute Gasteiger partial charge is 0.103 e. The zero-order valence-electron chi connectivity index (χ0n) is 20.7. The van der Waals surface area contributed by atoms with Gasteiger partial charge < -0.3 is 0 Å². The molecule has 3 rings (SSSR count). The lowest BCUT2D eigenvalue weighted by Crippen LogP contribution is -2.28. The summed E-state index contributed by atoms with van der Waals surface area (Å²) in [5, 5.41) is 9.84. The summed E-state index contributed by atoms with van der Waals surface area (Å²) in [6, 6.07) is 2.69. The summed E-state index contributed by atoms with van der Waals surface area (Å²) >= 11 is 0. The lowest BCUT2D eigenvalue weighted by atomic mass is 9.69. The Morgan fingerprint density at radius 3 is 1.58 bits per heavy atom. The molecule has 0 saturated heterocycles. The average Bonchev–Trinajstić information content (AvgIpc) is 2.80. The molecule has 0 aliphatic heterocycles. The van der Waals surface area contributed by atoms with E-state index in [2.05, 4.69) is 19.9 Å². The van der Waals surface area contributed by atoms with Crippen LogP contribution in [-0.4, -0.2) is 6.17 Å². The highest BCUT2D eigenvalue weighted by Gasteiger charge is 2.34. The lowest BCUT2D eigenvalue weighted by Gasteiger charge is -2.36. The number of hydrogen-bond donors (Lipinski definition) is 0. The van der Waals surface area contributed by atoms with Crippen LogP contribution in [0.4, 0.5) is 4.39 Å². The van der Waals surface area contributed by atoms with Gasteiger partial charge >= 0.3 is 0 Å². The van der Waals surface area contributed by atoms with Gasteiger partial charge in [0.2, 0.25) is 0 Å². The van der Waals surface area contributed by atoms with Gasteiger partial charge in [-0.1, -0.05) is 90.9 Å². The summed E-state index contributed by atoms with van der Waals surface area (Å²) in [6.07, 6.45) is 21.6. The van der Waals surface area contributed by atoms with Crippen molar-refractivity contribution in [2.45, 2.75) is 136 Å². The van der Waals surface area contributed by atoms with Crippen molar-refractivity contribution in [1.82, 2.24) is 0 Å². The predicted molar refractivity (Wildman–Crippen MR) is 129 cm³/mol. The van der Waals surface area contributed by atoms with Gasteiger partial charge in [0, 0.05) is 5.92 Å². The summed E-state index contributed by atoms with van der Waals surface area (Å²) in [6.45, 7) is 4.58. The number of hydrogen-bond acceptors (Lipinski definition) is 1. The van der Waals surface area contributed by atoms with Crippen molar-refractivity contribution in [3.05, 3.63) is 0 Å². The Balaban J connectivity index is 1.35. The molecule has 3 saturated carbocycles. The summed E-state index contributed by atoms with van der Waals surface area (Å²) in [5.74, 6) is 4.34. The van der Waals surface area contributed by atoms with Gasteiger partial charge in [0.25, 0.3) is 0 Å². The van der Waals surface area contributed by atoms with E-state index in [-0.39, 0.29) is 5.92 Å². The average molecular weight is 432 g/mol. The van der Waals surface area contributed by atoms with Gasteiger partial charge in [0.05, 0.1) is 6.07 Å². The maximum Gasteiger partial charge on any atom is 0.103 e. The number of rotatable bonds is 10. The molecule has 31 heavy (non-hydrogen) atoms. The highest BCUT2D eigenvalue weighted by molar-refractivity contribution is 4.93. The molecule has 0 aromatic rings. The third kappa shape index (κ3) is 7.75. The number of nitriles is 1. The summed E-state index contributed by atoms with van der Waals surface area (Å²) in [5.41, 5.74) is 0. The Morgan fingerprint density at radius 2 is 1.06 bits per heavy atom. The molecule has 0 heterocycles. The first-order valence-electron chi connectivity index (χ1n) is 14.2. The Bertz CT molecular complexity index is 515. The van der Waals surface area contributed by atoms with E-state index in [9.17, 15) is 5.26 Å². The summed E-state index contributed by atoms with van der Waals surface area (Å²) in [4.78, 5) is 0. The first-order chi connectivity index (χ1) is 15.1. The van der Waals surface area contributed by atoms with Crippen molar-refractivity contribution < 1.29 is 4.39 Å². The molecule has 0 radical (unpaired) electrons. The number of nitrogens with zero attached hydrogens (tertiary/aromatic N) is 1. The van der Waals surface area contributed by atoms with Gasteiger partial charge in [-0.05, 0) is 74.0 Å². The Kier molecular flexibility index (Phi) is 10.7. The van der Waals surface area contributed by atoms with Gasteiger partial charge in [0.15, 0.2) is 0 Å². The van der Waals surface area contributed by atoms with Gasteiger partial charge in [0.1, 0.15) is 6.17 Å². The Morgan fingerprint density at radius 1 is 0.645 bits per heavy atom. The molecular formula is C29H50FN. The van der Waals surface area contributed by atoms with Crippen LogP contribution in [0.3, 0.4) is 0 Å². The highest BCUT2D eigenvalue weighted by atomic mass is 19.1. The maximum absolute atomic E-state index is 15.1. The molecule has 178 valence electrons. The molecule has 0 bridgehead atoms. The lowest BCUT2D eigenvalue weighted by molar-refractivity contribution is 0.107. The van der Waals surface area contributed by atoms with E-state index in [4.69, 9.17) is 0 Å². The predicted octanol–water partition coefficient (Wildman–Crippen LogP) is 9.26. The van der Waals surface area contributed by atoms with Crippen molar-refractivity contribution in [2.24, 2.45) is 41.4 Å². The van der Waals surface area contributed by atoms with E-state index in [0.717, 1.165) is 50.4 Å². The van der Waals surface area contributed by atoms with E-state index in [1.165, 1.54) is 77.0 Å². The van der Waals surface area contributed by atoms with Crippen LogP contribution >= 0.6 is 0 Å². The highest BCUT2D eigenvalue weighted by Crippen LogP contribution is 2.42. The molecule has 0 amide bonds. The third-order valence-corrected chi connectivity index (χ3v) is 9.54. The SMILES string of the molecule is CCCC1CCC(CC(F)C2CCC(CC(C#N)C3CCC(CCC)CC3)CC2)CC1. The van der Waals surface area contributed by atoms with Crippen molar-refractivity contribution in [1.29, 1.82) is 5.26 Å². The van der Waals surface area contributed by atoms with Crippen LogP contribution in [-0.2, 0) is 0 Å². The minimum absolute atomic E-state index is 0.253. The van der Waals surface area contributed by atoms with Gasteiger partial charge in [-0.15, -0.1) is 0 Å². The largest absolute Gasteiger partial charge is 0.247 e. The van der Waals surface area contributed by atoms with E-state index < -0.39 is 6.17 Å². The zero-order valence-corrected chi connectivity index (χ0v) is 20.7. The topological polar surface area (TPSA) is 23.8 Å². The van der Waals surface area contributed by atoms with Crippen molar-refractivity contribution in [2.75, 3.05) is 0 Å². The van der Waals surface area contributed by atoms with Crippen LogP contribution in [0.5, 0.6) is 0 Å². The summed E-state index contributed by atoms with van der Waals surface area (Å²) in [7, 11) is 0. The standard InChI is InChI=1S/C29H50FN/c1-3-5-22-7-9-25(10-8-22)20-29(30)27-17-13-24(14-18-27)19-28(21-31)26-15-11-23(6-4-2)12-16-26/h22-29H,3-20H2,1-2H3. The van der Waals surface area contributed by atoms with Crippen LogP contribution in [0.2, 0.25) is 0 Å². The molecule has 0 N–H and O–H groups in total. The molecule has 0 spiro atoms. The first kappa shape index (κ1) is 25.1. The van der Waals surface area contributed by atoms with Gasteiger partial charge in [-0.3, -0.25) is 0 Å². The molecule has 3 aliphatic carbocycles. The van der Waals surface area contributed by atoms with E-state index in [1.807, 2.05) is 0 Å². The molecule has 0 aromatic carbocycles. The molecule has 2 unspecified atom stereocenters. The van der Waals surface area contributed by atoms with Gasteiger partial charge in [-0.2, -0.15) is 5.26 Å². The summed E-state index contributed by atoms with van der Waals surface area (Å²) < 4.78 is 15.1. The monoisotopic (exact) mass is 431 g/mol. The minimum Gasteiger partial charge on any atom is -0.247 e. The van der Waals surface area contributed by atoms with Crippen molar-refractivity contribution >= 4 is 0 Å². The second-order valence-electron chi connectivity index (χ2n) is 11.7. The second-order valence-corrected chi connectivity index (χ2v) is 11.7. The quantitative estimate of drug-likeness (QED) is 0.338. The molecular weight excluding hydrogens is 381 g/mol. The molecule has 0 aromatic heterocycles. The van der Waals surface area contributed by atoms with Crippen molar-refractivity contribution in [3.8, 4) is 6.07 Å². The Labute approximate surface area is 192 Å². The van der Waals surface area contributed by atoms with Crippen LogP contribution in [0, 0.1) is 52.8 Å². The van der Waals surface area contributed by atoms with Crippen LogP contribution in [0.1, 0.15) is 129 Å². The maximum atomic E-state index is 15.1. The molecule has 2 atom stereocenters. The molecule has 3 aliphatic rings. The molecule has 3 fully saturated rings. The van der Waals surface area contributed by atoms with E-state index in [1.54, 1.807) is 0 Å². The molecule has 2 heteroatoms. The van der Waals surface area contributed by atoms with Crippen molar-refractivity contribution in [3.63, 3.8) is 0 Å². The zero-order chi connectivity index (χ0) is 22.1. The normalized spacial score (nSPS) is 36.5. The fraction of sp³-hybridized carbons (Fsp3) is 0.966. The van der Waals surface area contributed by atoms with Crippen LogP contribution in [0.15, 0.2) is 0 Å². The second kappa shape index (κ2) is 13.2. The Hall–Kier alpha value is -0.580. The van der Waals surface area contributed by atoms with E-state index >= 15 is 4.39 Å². The van der Waals surface area contributed by atoms with Gasteiger partial charge in [-0.25, -0.2) is 4.39 Å². The number of alkyl halides is 1. The van der Waals surface area contributed by atoms with Crippen LogP contribution < -0.4 is 0 Å². The minimum atomic E-state index is -0.575. The molecule has 1 nitrogen and oxygen atoms in total.